The Kier molecular flexibility index (Phi) is 3.48. The fourth-order valence-electron chi connectivity index (χ4n) is 4.44. The van der Waals surface area contributed by atoms with E-state index in [0.29, 0.717) is 11.8 Å². The number of esters is 2. The lowest BCUT2D eigenvalue weighted by molar-refractivity contribution is -0.178. The van der Waals surface area contributed by atoms with Crippen LogP contribution in [0, 0.1) is 23.7 Å². The second-order valence-electron chi connectivity index (χ2n) is 6.20. The Bertz CT molecular complexity index is 350. The van der Waals surface area contributed by atoms with E-state index in [2.05, 4.69) is 4.74 Å². The van der Waals surface area contributed by atoms with E-state index in [-0.39, 0.29) is 12.7 Å². The number of carbonyl (C=O) groups excluding carboxylic acids is 2. The van der Waals surface area contributed by atoms with Gasteiger partial charge in [-0.25, -0.2) is 9.59 Å². The summed E-state index contributed by atoms with van der Waals surface area (Å²) in [5.41, 5.74) is 0. The third-order valence-corrected chi connectivity index (χ3v) is 4.89. The number of hydrogen-bond acceptors (Lipinski definition) is 5. The fourth-order valence-corrected chi connectivity index (χ4v) is 4.44. The first-order valence-corrected chi connectivity index (χ1v) is 7.11. The topological polar surface area (TPSA) is 72.8 Å². The van der Waals surface area contributed by atoms with E-state index >= 15 is 0 Å². The lowest BCUT2D eigenvalue weighted by Gasteiger charge is -2.53. The lowest BCUT2D eigenvalue weighted by Crippen LogP contribution is -2.50. The second kappa shape index (κ2) is 5.12. The Morgan fingerprint density at radius 2 is 1.53 bits per heavy atom. The largest absolute Gasteiger partial charge is 0.459 e. The van der Waals surface area contributed by atoms with Crippen molar-refractivity contribution in [3.63, 3.8) is 0 Å². The Labute approximate surface area is 112 Å². The van der Waals surface area contributed by atoms with Gasteiger partial charge in [-0.05, 0) is 55.8 Å². The summed E-state index contributed by atoms with van der Waals surface area (Å²) >= 11 is 0. The highest BCUT2D eigenvalue weighted by Crippen LogP contribution is 2.54. The molecule has 4 rings (SSSR count). The van der Waals surface area contributed by atoms with Gasteiger partial charge in [-0.15, -0.1) is 0 Å². The number of ether oxygens (including phenoxy) is 2. The molecule has 0 radical (unpaired) electrons. The third-order valence-electron chi connectivity index (χ3n) is 4.89. The molecule has 5 heteroatoms. The summed E-state index contributed by atoms with van der Waals surface area (Å²) in [5, 5.41) is 8.51. The van der Waals surface area contributed by atoms with Crippen molar-refractivity contribution >= 4 is 11.9 Å². The van der Waals surface area contributed by atoms with Crippen molar-refractivity contribution in [2.75, 3.05) is 13.2 Å². The van der Waals surface area contributed by atoms with Crippen LogP contribution >= 0.6 is 0 Å². The zero-order chi connectivity index (χ0) is 13.4. The summed E-state index contributed by atoms with van der Waals surface area (Å²) in [6.45, 7) is -1.09. The number of aliphatic hydroxyl groups is 1. The molecule has 0 unspecified atom stereocenters. The van der Waals surface area contributed by atoms with E-state index in [1.807, 2.05) is 0 Å². The SMILES string of the molecule is O=C(CO)OCC(=O)OC1C2CC3CC(C2)CC1C3. The first-order chi connectivity index (χ1) is 9.15. The standard InChI is InChI=1S/C14H20O5/c15-6-12(16)18-7-13(17)19-14-10-2-8-1-9(4-10)5-11(14)3-8/h8-11,14-15H,1-7H2. The van der Waals surface area contributed by atoms with Crippen molar-refractivity contribution in [3.8, 4) is 0 Å². The zero-order valence-corrected chi connectivity index (χ0v) is 10.9. The normalized spacial score (nSPS) is 39.1. The summed E-state index contributed by atoms with van der Waals surface area (Å²) in [7, 11) is 0. The molecule has 0 spiro atoms. The van der Waals surface area contributed by atoms with Crippen molar-refractivity contribution in [3.05, 3.63) is 0 Å². The summed E-state index contributed by atoms with van der Waals surface area (Å²) in [6.07, 6.45) is 6.11. The molecule has 4 aliphatic rings. The molecular formula is C14H20O5. The molecule has 4 aliphatic carbocycles. The smallest absolute Gasteiger partial charge is 0.344 e. The molecule has 0 heterocycles. The summed E-state index contributed by atoms with van der Waals surface area (Å²) in [5.74, 6) is 1.41. The van der Waals surface area contributed by atoms with E-state index < -0.39 is 18.5 Å². The maximum Gasteiger partial charge on any atom is 0.344 e. The molecule has 4 bridgehead atoms. The van der Waals surface area contributed by atoms with Gasteiger partial charge in [0.2, 0.25) is 0 Å². The molecule has 19 heavy (non-hydrogen) atoms. The highest BCUT2D eigenvalue weighted by Gasteiger charge is 2.49. The van der Waals surface area contributed by atoms with Crippen LogP contribution in [0.3, 0.4) is 0 Å². The van der Waals surface area contributed by atoms with Crippen LogP contribution in [0.5, 0.6) is 0 Å². The third kappa shape index (κ3) is 2.61. The van der Waals surface area contributed by atoms with Crippen LogP contribution in [0.2, 0.25) is 0 Å². The molecule has 1 N–H and O–H groups in total. The quantitative estimate of drug-likeness (QED) is 0.767. The van der Waals surface area contributed by atoms with Gasteiger partial charge < -0.3 is 14.6 Å². The van der Waals surface area contributed by atoms with Gasteiger partial charge in [-0.1, -0.05) is 0 Å². The molecule has 0 amide bonds. The molecule has 4 fully saturated rings. The van der Waals surface area contributed by atoms with Gasteiger partial charge in [0, 0.05) is 0 Å². The predicted octanol–water partition coefficient (Wildman–Crippen LogP) is 0.890. The Morgan fingerprint density at radius 3 is 2.05 bits per heavy atom. The van der Waals surface area contributed by atoms with Crippen LogP contribution in [0.15, 0.2) is 0 Å². The van der Waals surface area contributed by atoms with Gasteiger partial charge in [-0.3, -0.25) is 0 Å². The monoisotopic (exact) mass is 268 g/mol. The summed E-state index contributed by atoms with van der Waals surface area (Å²) in [6, 6.07) is 0. The molecule has 106 valence electrons. The van der Waals surface area contributed by atoms with Gasteiger partial charge in [0.05, 0.1) is 0 Å². The summed E-state index contributed by atoms with van der Waals surface area (Å²) in [4.78, 5) is 22.4. The highest BCUT2D eigenvalue weighted by atomic mass is 16.6. The fraction of sp³-hybridized carbons (Fsp3) is 0.857. The van der Waals surface area contributed by atoms with E-state index in [1.54, 1.807) is 0 Å². The van der Waals surface area contributed by atoms with Crippen LogP contribution in [0.1, 0.15) is 32.1 Å². The summed E-state index contributed by atoms with van der Waals surface area (Å²) < 4.78 is 10.1. The van der Waals surface area contributed by atoms with Crippen molar-refractivity contribution < 1.29 is 24.2 Å². The van der Waals surface area contributed by atoms with E-state index in [1.165, 1.54) is 32.1 Å². The van der Waals surface area contributed by atoms with Gasteiger partial charge in [-0.2, -0.15) is 0 Å². The van der Waals surface area contributed by atoms with Gasteiger partial charge in [0.25, 0.3) is 0 Å². The minimum absolute atomic E-state index is 0.0214. The number of rotatable bonds is 4. The van der Waals surface area contributed by atoms with Crippen LogP contribution in [-0.4, -0.2) is 36.4 Å². The van der Waals surface area contributed by atoms with E-state index in [0.717, 1.165) is 11.8 Å². The first kappa shape index (κ1) is 12.9. The van der Waals surface area contributed by atoms with Crippen LogP contribution in [0.25, 0.3) is 0 Å². The maximum atomic E-state index is 11.7. The van der Waals surface area contributed by atoms with E-state index in [4.69, 9.17) is 9.84 Å². The minimum Gasteiger partial charge on any atom is -0.459 e. The highest BCUT2D eigenvalue weighted by molar-refractivity contribution is 5.76. The number of aliphatic hydroxyl groups excluding tert-OH is 1. The second-order valence-corrected chi connectivity index (χ2v) is 6.20. The van der Waals surface area contributed by atoms with E-state index in [9.17, 15) is 9.59 Å². The average Bonchev–Trinajstić information content (AvgIpc) is 2.39. The molecule has 5 nitrogen and oxygen atoms in total. The Hall–Kier alpha value is -1.10. The van der Waals surface area contributed by atoms with Crippen molar-refractivity contribution in [2.24, 2.45) is 23.7 Å². The number of carbonyl (C=O) groups is 2. The van der Waals surface area contributed by atoms with Gasteiger partial charge >= 0.3 is 11.9 Å². The minimum atomic E-state index is -0.790. The van der Waals surface area contributed by atoms with Gasteiger partial charge in [0.15, 0.2) is 6.61 Å². The molecule has 4 saturated carbocycles. The molecule has 0 aromatic carbocycles. The molecule has 0 aromatic heterocycles. The lowest BCUT2D eigenvalue weighted by atomic mass is 9.55. The maximum absolute atomic E-state index is 11.7. The van der Waals surface area contributed by atoms with Crippen molar-refractivity contribution in [1.82, 2.24) is 0 Å². The molecule has 0 aromatic rings. The molecule has 0 saturated heterocycles. The Balaban J connectivity index is 1.52. The number of hydrogen-bond donors (Lipinski definition) is 1. The van der Waals surface area contributed by atoms with Crippen molar-refractivity contribution in [2.45, 2.75) is 38.2 Å². The predicted molar refractivity (Wildman–Crippen MR) is 65.0 cm³/mol. The van der Waals surface area contributed by atoms with Crippen molar-refractivity contribution in [1.29, 1.82) is 0 Å². The average molecular weight is 268 g/mol. The first-order valence-electron chi connectivity index (χ1n) is 7.11. The molecule has 0 atom stereocenters. The van der Waals surface area contributed by atoms with Crippen LogP contribution in [-0.2, 0) is 19.1 Å². The van der Waals surface area contributed by atoms with Gasteiger partial charge in [0.1, 0.15) is 12.7 Å². The molecule has 0 aliphatic heterocycles. The van der Waals surface area contributed by atoms with Crippen LogP contribution in [0.4, 0.5) is 0 Å². The molecular weight excluding hydrogens is 248 g/mol. The van der Waals surface area contributed by atoms with Crippen LogP contribution < -0.4 is 0 Å². The zero-order valence-electron chi connectivity index (χ0n) is 10.9. The Morgan fingerprint density at radius 1 is 0.947 bits per heavy atom.